The van der Waals surface area contributed by atoms with Crippen LogP contribution >= 0.6 is 0 Å². The number of ketones is 2. The summed E-state index contributed by atoms with van der Waals surface area (Å²) in [5.74, 6) is 0.117. The van der Waals surface area contributed by atoms with Gasteiger partial charge in [0.25, 0.3) is 0 Å². The number of rotatable bonds is 3. The van der Waals surface area contributed by atoms with Crippen molar-refractivity contribution in [2.75, 3.05) is 10.6 Å². The Bertz CT molecular complexity index is 1230. The quantitative estimate of drug-likeness (QED) is 0.542. The highest BCUT2D eigenvalue weighted by Gasteiger charge is 2.38. The van der Waals surface area contributed by atoms with E-state index in [4.69, 9.17) is 0 Å². The Morgan fingerprint density at radius 2 is 1.69 bits per heavy atom. The third kappa shape index (κ3) is 3.71. The number of pyridine rings is 1. The Balaban J connectivity index is 1.61. The van der Waals surface area contributed by atoms with Gasteiger partial charge in [-0.15, -0.1) is 0 Å². The maximum Gasteiger partial charge on any atom is 0.193 e. The molecule has 0 amide bonds. The molecule has 2 N–H and O–H groups in total. The van der Waals surface area contributed by atoms with Gasteiger partial charge in [0.1, 0.15) is 0 Å². The first-order chi connectivity index (χ1) is 15.4. The molecule has 5 rings (SSSR count). The van der Waals surface area contributed by atoms with E-state index in [1.165, 1.54) is 0 Å². The Morgan fingerprint density at radius 1 is 0.938 bits per heavy atom. The zero-order valence-corrected chi connectivity index (χ0v) is 18.2. The summed E-state index contributed by atoms with van der Waals surface area (Å²) in [6.45, 7) is 4.23. The molecule has 0 spiro atoms. The van der Waals surface area contributed by atoms with E-state index >= 15 is 0 Å². The molecule has 32 heavy (non-hydrogen) atoms. The minimum Gasteiger partial charge on any atom is -0.372 e. The molecular formula is C27H25N3O2. The summed E-state index contributed by atoms with van der Waals surface area (Å²) in [5, 5.41) is 7.08. The first-order valence-corrected chi connectivity index (χ1v) is 10.8. The van der Waals surface area contributed by atoms with Gasteiger partial charge in [-0.1, -0.05) is 44.2 Å². The SMILES string of the molecule is CC1(C)CC(=O)C2=C(C1)Nc1cc(C(=O)c3ccccc3)ccc1NC2c1ccncc1. The summed E-state index contributed by atoms with van der Waals surface area (Å²) in [4.78, 5) is 30.4. The van der Waals surface area contributed by atoms with Crippen LogP contribution < -0.4 is 10.6 Å². The summed E-state index contributed by atoms with van der Waals surface area (Å²) in [6, 6.07) is 18.5. The number of carbonyl (C=O) groups excluding carboxylic acids is 2. The molecule has 3 aromatic rings. The molecule has 160 valence electrons. The van der Waals surface area contributed by atoms with Gasteiger partial charge in [0.2, 0.25) is 0 Å². The molecule has 2 heterocycles. The van der Waals surface area contributed by atoms with Crippen molar-refractivity contribution in [1.82, 2.24) is 4.98 Å². The van der Waals surface area contributed by atoms with Gasteiger partial charge in [-0.3, -0.25) is 14.6 Å². The maximum absolute atomic E-state index is 13.3. The van der Waals surface area contributed by atoms with Crippen LogP contribution in [0, 0.1) is 5.41 Å². The van der Waals surface area contributed by atoms with Crippen LogP contribution in [-0.4, -0.2) is 16.6 Å². The van der Waals surface area contributed by atoms with Gasteiger partial charge < -0.3 is 10.6 Å². The lowest BCUT2D eigenvalue weighted by atomic mass is 9.73. The van der Waals surface area contributed by atoms with Crippen molar-refractivity contribution < 1.29 is 9.59 Å². The topological polar surface area (TPSA) is 71.1 Å². The van der Waals surface area contributed by atoms with Crippen molar-refractivity contribution in [1.29, 1.82) is 0 Å². The number of anilines is 2. The second-order valence-electron chi connectivity index (χ2n) is 9.27. The first kappa shape index (κ1) is 20.2. The van der Waals surface area contributed by atoms with Gasteiger partial charge in [0, 0.05) is 41.2 Å². The molecule has 0 bridgehead atoms. The monoisotopic (exact) mass is 423 g/mol. The van der Waals surface area contributed by atoms with Crippen LogP contribution in [0.2, 0.25) is 0 Å². The lowest BCUT2D eigenvalue weighted by Crippen LogP contribution is -2.31. The van der Waals surface area contributed by atoms with Crippen molar-refractivity contribution in [3.63, 3.8) is 0 Å². The van der Waals surface area contributed by atoms with Crippen molar-refractivity contribution in [2.24, 2.45) is 5.41 Å². The molecule has 2 aliphatic rings. The van der Waals surface area contributed by atoms with Crippen molar-refractivity contribution in [2.45, 2.75) is 32.7 Å². The fourth-order valence-electron chi connectivity index (χ4n) is 4.65. The largest absolute Gasteiger partial charge is 0.372 e. The summed E-state index contributed by atoms with van der Waals surface area (Å²) in [5.41, 5.74) is 5.46. The molecule has 1 aromatic heterocycles. The molecule has 1 unspecified atom stereocenters. The molecule has 5 nitrogen and oxygen atoms in total. The van der Waals surface area contributed by atoms with Crippen LogP contribution in [-0.2, 0) is 4.79 Å². The predicted octanol–water partition coefficient (Wildman–Crippen LogP) is 5.53. The number of hydrogen-bond acceptors (Lipinski definition) is 5. The van der Waals surface area contributed by atoms with E-state index in [2.05, 4.69) is 29.5 Å². The van der Waals surface area contributed by atoms with E-state index in [1.807, 2.05) is 60.7 Å². The summed E-state index contributed by atoms with van der Waals surface area (Å²) >= 11 is 0. The van der Waals surface area contributed by atoms with E-state index < -0.39 is 0 Å². The van der Waals surface area contributed by atoms with E-state index in [-0.39, 0.29) is 23.0 Å². The highest BCUT2D eigenvalue weighted by molar-refractivity contribution is 6.10. The Kier molecular flexibility index (Phi) is 4.89. The molecule has 5 heteroatoms. The smallest absolute Gasteiger partial charge is 0.193 e. The maximum atomic E-state index is 13.3. The number of nitrogens with one attached hydrogen (secondary N) is 2. The van der Waals surface area contributed by atoms with Crippen molar-refractivity contribution >= 4 is 22.9 Å². The molecular weight excluding hydrogens is 398 g/mol. The summed E-state index contributed by atoms with van der Waals surface area (Å²) in [7, 11) is 0. The number of allylic oxidation sites excluding steroid dienone is 1. The lowest BCUT2D eigenvalue weighted by Gasteiger charge is -2.34. The van der Waals surface area contributed by atoms with E-state index in [0.717, 1.165) is 34.6 Å². The normalized spacial score (nSPS) is 19.2. The zero-order chi connectivity index (χ0) is 22.3. The van der Waals surface area contributed by atoms with Crippen LogP contribution in [0.25, 0.3) is 0 Å². The third-order valence-electron chi connectivity index (χ3n) is 6.15. The molecule has 1 aliphatic heterocycles. The lowest BCUT2D eigenvalue weighted by molar-refractivity contribution is -0.118. The minimum atomic E-state index is -0.277. The van der Waals surface area contributed by atoms with Gasteiger partial charge >= 0.3 is 0 Å². The molecule has 0 fully saturated rings. The summed E-state index contributed by atoms with van der Waals surface area (Å²) in [6.07, 6.45) is 4.75. The van der Waals surface area contributed by atoms with Crippen molar-refractivity contribution in [3.8, 4) is 0 Å². The standard InChI is InChI=1S/C27H25N3O2/c1-27(2)15-22-24(23(31)16-27)25(17-10-12-28-13-11-17)30-20-9-8-19(14-21(20)29-22)26(32)18-6-4-3-5-7-18/h3-14,25,29-30H,15-16H2,1-2H3. The van der Waals surface area contributed by atoms with Crippen LogP contribution in [0.4, 0.5) is 11.4 Å². The van der Waals surface area contributed by atoms with Crippen molar-refractivity contribution in [3.05, 3.63) is 101 Å². The number of Topliss-reactive ketones (excluding diaryl/α,β-unsaturated/α-hetero) is 1. The van der Waals surface area contributed by atoms with Gasteiger partial charge in [-0.25, -0.2) is 0 Å². The molecule has 2 aromatic carbocycles. The van der Waals surface area contributed by atoms with Crippen LogP contribution in [0.1, 0.15) is 54.2 Å². The second-order valence-corrected chi connectivity index (χ2v) is 9.27. The Hall–Kier alpha value is -3.73. The second kappa shape index (κ2) is 7.75. The molecule has 0 radical (unpaired) electrons. The van der Waals surface area contributed by atoms with Crippen LogP contribution in [0.15, 0.2) is 84.3 Å². The van der Waals surface area contributed by atoms with E-state index in [1.54, 1.807) is 12.4 Å². The molecule has 1 aliphatic carbocycles. The highest BCUT2D eigenvalue weighted by atomic mass is 16.1. The van der Waals surface area contributed by atoms with Gasteiger partial charge in [-0.05, 0) is 47.7 Å². The fourth-order valence-corrected chi connectivity index (χ4v) is 4.65. The number of benzene rings is 2. The van der Waals surface area contributed by atoms with Gasteiger partial charge in [0.05, 0.1) is 17.4 Å². The minimum absolute atomic E-state index is 0.0283. The van der Waals surface area contributed by atoms with Crippen LogP contribution in [0.3, 0.4) is 0 Å². The Labute approximate surface area is 187 Å². The van der Waals surface area contributed by atoms with Gasteiger partial charge in [0.15, 0.2) is 11.6 Å². The number of fused-ring (bicyclic) bond motifs is 1. The molecule has 0 saturated carbocycles. The predicted molar refractivity (Wildman–Crippen MR) is 126 cm³/mol. The van der Waals surface area contributed by atoms with Gasteiger partial charge in [-0.2, -0.15) is 0 Å². The molecule has 1 atom stereocenters. The number of carbonyl (C=O) groups is 2. The average molecular weight is 424 g/mol. The number of hydrogen-bond donors (Lipinski definition) is 2. The van der Waals surface area contributed by atoms with E-state index in [9.17, 15) is 9.59 Å². The highest BCUT2D eigenvalue weighted by Crippen LogP contribution is 2.45. The third-order valence-corrected chi connectivity index (χ3v) is 6.15. The molecule has 0 saturated heterocycles. The first-order valence-electron chi connectivity index (χ1n) is 10.8. The average Bonchev–Trinajstić information content (AvgIpc) is 2.95. The fraction of sp³-hybridized carbons (Fsp3) is 0.222. The van der Waals surface area contributed by atoms with E-state index in [0.29, 0.717) is 17.5 Å². The zero-order valence-electron chi connectivity index (χ0n) is 18.2. The van der Waals surface area contributed by atoms with Crippen LogP contribution in [0.5, 0.6) is 0 Å². The summed E-state index contributed by atoms with van der Waals surface area (Å²) < 4.78 is 0. The Morgan fingerprint density at radius 3 is 2.44 bits per heavy atom. The number of nitrogens with zero attached hydrogens (tertiary/aromatic N) is 1. The number of aromatic nitrogens is 1.